The predicted molar refractivity (Wildman–Crippen MR) is 73.5 cm³/mol. The molecule has 1 heterocycles. The Bertz CT molecular complexity index is 530. The Hall–Kier alpha value is -1.35. The highest BCUT2D eigenvalue weighted by Gasteiger charge is 2.26. The first-order valence-corrected chi connectivity index (χ1v) is 7.99. The van der Waals surface area contributed by atoms with Crippen LogP contribution < -0.4 is 10.0 Å². The Kier molecular flexibility index (Phi) is 6.41. The van der Waals surface area contributed by atoms with Gasteiger partial charge in [-0.05, 0) is 25.0 Å². The standard InChI is InChI=1S/C12H18F3N3O2S/c1-2-7-16-11-5-4-10(9-17-11)21(19,20)18-8-3-6-12(13,14)15/h4-5,9,18H,2-3,6-8H2,1H3,(H,16,17). The van der Waals surface area contributed by atoms with Gasteiger partial charge in [0.2, 0.25) is 10.0 Å². The van der Waals surface area contributed by atoms with Crippen LogP contribution >= 0.6 is 0 Å². The van der Waals surface area contributed by atoms with Gasteiger partial charge >= 0.3 is 6.18 Å². The molecule has 0 bridgehead atoms. The second-order valence-corrected chi connectivity index (χ2v) is 6.19. The molecule has 0 saturated carbocycles. The topological polar surface area (TPSA) is 71.1 Å². The lowest BCUT2D eigenvalue weighted by molar-refractivity contribution is -0.135. The second-order valence-electron chi connectivity index (χ2n) is 4.42. The lowest BCUT2D eigenvalue weighted by atomic mass is 10.3. The van der Waals surface area contributed by atoms with Gasteiger partial charge in [-0.25, -0.2) is 18.1 Å². The number of pyridine rings is 1. The summed E-state index contributed by atoms with van der Waals surface area (Å²) in [7, 11) is -3.82. The summed E-state index contributed by atoms with van der Waals surface area (Å²) in [4.78, 5) is 3.87. The van der Waals surface area contributed by atoms with Gasteiger partial charge in [0.05, 0.1) is 0 Å². The smallest absolute Gasteiger partial charge is 0.370 e. The van der Waals surface area contributed by atoms with E-state index < -0.39 is 22.6 Å². The van der Waals surface area contributed by atoms with Gasteiger partial charge in [-0.2, -0.15) is 13.2 Å². The van der Waals surface area contributed by atoms with E-state index >= 15 is 0 Å². The summed E-state index contributed by atoms with van der Waals surface area (Å²) < 4.78 is 61.6. The highest BCUT2D eigenvalue weighted by Crippen LogP contribution is 2.21. The predicted octanol–water partition coefficient (Wildman–Crippen LogP) is 2.52. The first kappa shape index (κ1) is 17.7. The molecular weight excluding hydrogens is 307 g/mol. The van der Waals surface area contributed by atoms with E-state index in [1.54, 1.807) is 0 Å². The molecule has 2 N–H and O–H groups in total. The van der Waals surface area contributed by atoms with Gasteiger partial charge in [-0.3, -0.25) is 0 Å². The monoisotopic (exact) mass is 325 g/mol. The highest BCUT2D eigenvalue weighted by molar-refractivity contribution is 7.89. The molecule has 0 saturated heterocycles. The summed E-state index contributed by atoms with van der Waals surface area (Å²) >= 11 is 0. The number of hydrogen-bond acceptors (Lipinski definition) is 4. The van der Waals surface area contributed by atoms with Crippen molar-refractivity contribution in [3.8, 4) is 0 Å². The average molecular weight is 325 g/mol. The van der Waals surface area contributed by atoms with Crippen LogP contribution in [0.25, 0.3) is 0 Å². The zero-order valence-corrected chi connectivity index (χ0v) is 12.4. The summed E-state index contributed by atoms with van der Waals surface area (Å²) in [6, 6.07) is 2.87. The van der Waals surface area contributed by atoms with Crippen LogP contribution in [0, 0.1) is 0 Å². The molecule has 5 nitrogen and oxygen atoms in total. The quantitative estimate of drug-likeness (QED) is 0.721. The van der Waals surface area contributed by atoms with Crippen LogP contribution in [0.3, 0.4) is 0 Å². The maximum Gasteiger partial charge on any atom is 0.389 e. The van der Waals surface area contributed by atoms with E-state index in [2.05, 4.69) is 15.0 Å². The molecule has 0 aromatic carbocycles. The Morgan fingerprint density at radius 3 is 2.48 bits per heavy atom. The van der Waals surface area contributed by atoms with Crippen molar-refractivity contribution in [2.24, 2.45) is 0 Å². The van der Waals surface area contributed by atoms with Gasteiger partial charge in [0, 0.05) is 25.7 Å². The molecule has 0 atom stereocenters. The molecule has 0 spiro atoms. The molecule has 0 aliphatic carbocycles. The van der Waals surface area contributed by atoms with E-state index in [4.69, 9.17) is 0 Å². The molecule has 0 unspecified atom stereocenters. The zero-order chi connectivity index (χ0) is 15.9. The van der Waals surface area contributed by atoms with Gasteiger partial charge in [-0.15, -0.1) is 0 Å². The van der Waals surface area contributed by atoms with Crippen LogP contribution in [0.5, 0.6) is 0 Å². The molecule has 21 heavy (non-hydrogen) atoms. The number of alkyl halides is 3. The fraction of sp³-hybridized carbons (Fsp3) is 0.583. The third kappa shape index (κ3) is 6.76. The molecule has 1 aromatic rings. The first-order valence-electron chi connectivity index (χ1n) is 6.51. The van der Waals surface area contributed by atoms with E-state index in [0.29, 0.717) is 5.82 Å². The minimum atomic E-state index is -4.28. The number of aromatic nitrogens is 1. The Morgan fingerprint density at radius 1 is 1.24 bits per heavy atom. The van der Waals surface area contributed by atoms with Gasteiger partial charge < -0.3 is 5.32 Å². The SMILES string of the molecule is CCCNc1ccc(S(=O)(=O)NCCCC(F)(F)F)cn1. The lowest BCUT2D eigenvalue weighted by Gasteiger charge is -2.09. The molecule has 0 fully saturated rings. The fourth-order valence-electron chi connectivity index (χ4n) is 1.48. The van der Waals surface area contributed by atoms with E-state index in [-0.39, 0.29) is 17.9 Å². The summed E-state index contributed by atoms with van der Waals surface area (Å²) in [6.45, 7) is 2.43. The Balaban J connectivity index is 2.54. The van der Waals surface area contributed by atoms with E-state index in [9.17, 15) is 21.6 Å². The van der Waals surface area contributed by atoms with Crippen molar-refractivity contribution in [2.45, 2.75) is 37.3 Å². The van der Waals surface area contributed by atoms with Crippen LogP contribution in [-0.4, -0.2) is 32.7 Å². The maximum atomic E-state index is 12.0. The summed E-state index contributed by atoms with van der Waals surface area (Å²) in [5, 5.41) is 2.99. The van der Waals surface area contributed by atoms with E-state index in [1.807, 2.05) is 6.92 Å². The number of anilines is 1. The molecule has 0 aliphatic rings. The van der Waals surface area contributed by atoms with Gasteiger partial charge in [-0.1, -0.05) is 6.92 Å². The molecule has 1 aromatic heterocycles. The summed E-state index contributed by atoms with van der Waals surface area (Å²) in [6.07, 6.45) is -3.52. The van der Waals surface area contributed by atoms with Crippen LogP contribution in [0.2, 0.25) is 0 Å². The largest absolute Gasteiger partial charge is 0.389 e. The minimum Gasteiger partial charge on any atom is -0.370 e. The molecule has 0 amide bonds. The molecule has 0 aliphatic heterocycles. The highest BCUT2D eigenvalue weighted by atomic mass is 32.2. The third-order valence-electron chi connectivity index (χ3n) is 2.53. The molecular formula is C12H18F3N3O2S. The normalized spacial score (nSPS) is 12.4. The minimum absolute atomic E-state index is 0.0726. The second kappa shape index (κ2) is 7.60. The average Bonchev–Trinajstić information content (AvgIpc) is 2.41. The van der Waals surface area contributed by atoms with Crippen molar-refractivity contribution in [2.75, 3.05) is 18.4 Å². The van der Waals surface area contributed by atoms with Crippen molar-refractivity contribution in [1.29, 1.82) is 0 Å². The van der Waals surface area contributed by atoms with Gasteiger partial charge in [0.1, 0.15) is 10.7 Å². The zero-order valence-electron chi connectivity index (χ0n) is 11.6. The van der Waals surface area contributed by atoms with Crippen LogP contribution in [-0.2, 0) is 10.0 Å². The number of nitrogens with zero attached hydrogens (tertiary/aromatic N) is 1. The summed E-state index contributed by atoms with van der Waals surface area (Å²) in [5.74, 6) is 0.549. The van der Waals surface area contributed by atoms with Crippen molar-refractivity contribution in [1.82, 2.24) is 9.71 Å². The van der Waals surface area contributed by atoms with Crippen molar-refractivity contribution < 1.29 is 21.6 Å². The molecule has 0 radical (unpaired) electrons. The maximum absolute atomic E-state index is 12.0. The van der Waals surface area contributed by atoms with Gasteiger partial charge in [0.25, 0.3) is 0 Å². The Morgan fingerprint density at radius 2 is 1.95 bits per heavy atom. The van der Waals surface area contributed by atoms with E-state index in [1.165, 1.54) is 18.3 Å². The Labute approximate surface area is 122 Å². The van der Waals surface area contributed by atoms with E-state index in [0.717, 1.165) is 13.0 Å². The third-order valence-corrected chi connectivity index (χ3v) is 3.98. The van der Waals surface area contributed by atoms with Crippen LogP contribution in [0.15, 0.2) is 23.2 Å². The van der Waals surface area contributed by atoms with Crippen LogP contribution in [0.4, 0.5) is 19.0 Å². The lowest BCUT2D eigenvalue weighted by Crippen LogP contribution is -2.26. The van der Waals surface area contributed by atoms with Crippen molar-refractivity contribution in [3.05, 3.63) is 18.3 Å². The molecule has 1 rings (SSSR count). The molecule has 9 heteroatoms. The number of halogens is 3. The summed E-state index contributed by atoms with van der Waals surface area (Å²) in [5.41, 5.74) is 0. The van der Waals surface area contributed by atoms with Gasteiger partial charge in [0.15, 0.2) is 0 Å². The van der Waals surface area contributed by atoms with Crippen molar-refractivity contribution >= 4 is 15.8 Å². The number of rotatable bonds is 8. The fourth-order valence-corrected chi connectivity index (χ4v) is 2.49. The first-order chi connectivity index (χ1) is 9.74. The number of hydrogen-bond donors (Lipinski definition) is 2. The van der Waals surface area contributed by atoms with Crippen molar-refractivity contribution in [3.63, 3.8) is 0 Å². The van der Waals surface area contributed by atoms with Crippen LogP contribution in [0.1, 0.15) is 26.2 Å². The molecule has 120 valence electrons. The number of nitrogens with one attached hydrogen (secondary N) is 2. The number of sulfonamides is 1.